The zero-order valence-electron chi connectivity index (χ0n) is 19.9. The number of rotatable bonds is 10. The highest BCUT2D eigenvalue weighted by molar-refractivity contribution is 7.84. The molecule has 0 radical (unpaired) electrons. The van der Waals surface area contributed by atoms with E-state index < -0.39 is 21.9 Å². The molecule has 14 heteroatoms. The van der Waals surface area contributed by atoms with Crippen molar-refractivity contribution in [3.05, 3.63) is 75.1 Å². The third-order valence-electron chi connectivity index (χ3n) is 5.23. The molecule has 3 aromatic heterocycles. The van der Waals surface area contributed by atoms with Crippen molar-refractivity contribution in [3.8, 4) is 17.4 Å². The van der Waals surface area contributed by atoms with Gasteiger partial charge in [0.15, 0.2) is 10.8 Å². The Labute approximate surface area is 212 Å². The molecule has 1 unspecified atom stereocenters. The van der Waals surface area contributed by atoms with Gasteiger partial charge in [0.1, 0.15) is 23.7 Å². The number of methoxy groups -OCH3 is 2. The van der Waals surface area contributed by atoms with Gasteiger partial charge >= 0.3 is 5.97 Å². The Kier molecular flexibility index (Phi) is 7.57. The molecule has 0 aliphatic rings. The van der Waals surface area contributed by atoms with Gasteiger partial charge in [0.05, 0.1) is 42.0 Å². The van der Waals surface area contributed by atoms with Gasteiger partial charge in [-0.05, 0) is 30.7 Å². The molecule has 192 valence electrons. The van der Waals surface area contributed by atoms with Crippen LogP contribution in [0.5, 0.6) is 17.4 Å². The summed E-state index contributed by atoms with van der Waals surface area (Å²) in [7, 11) is 1.29. The SMILES string of the molecule is COc1ccc2[nH]c(S(=O)Cc3ncc(C(=O)Oc4cccc(CO[N+](=O)[O-])c4)c(OC)c3C)nc2n1. The van der Waals surface area contributed by atoms with E-state index in [-0.39, 0.29) is 34.6 Å². The maximum Gasteiger partial charge on any atom is 0.348 e. The van der Waals surface area contributed by atoms with Crippen LogP contribution in [0.15, 0.2) is 47.8 Å². The van der Waals surface area contributed by atoms with E-state index in [1.165, 1.54) is 32.5 Å². The zero-order chi connectivity index (χ0) is 26.5. The quantitative estimate of drug-likeness (QED) is 0.139. The molecule has 37 heavy (non-hydrogen) atoms. The first-order valence-corrected chi connectivity index (χ1v) is 12.0. The highest BCUT2D eigenvalue weighted by atomic mass is 32.2. The molecule has 0 saturated heterocycles. The van der Waals surface area contributed by atoms with Crippen molar-refractivity contribution < 1.29 is 33.1 Å². The van der Waals surface area contributed by atoms with Crippen LogP contribution >= 0.6 is 0 Å². The van der Waals surface area contributed by atoms with Crippen molar-refractivity contribution >= 4 is 27.9 Å². The first-order chi connectivity index (χ1) is 17.8. The van der Waals surface area contributed by atoms with Gasteiger partial charge in [-0.2, -0.15) is 4.98 Å². The molecule has 1 N–H and O–H groups in total. The highest BCUT2D eigenvalue weighted by Crippen LogP contribution is 2.28. The largest absolute Gasteiger partial charge is 0.495 e. The summed E-state index contributed by atoms with van der Waals surface area (Å²) in [5, 5.41) is 9.72. The summed E-state index contributed by atoms with van der Waals surface area (Å²) in [5.41, 5.74) is 2.43. The van der Waals surface area contributed by atoms with E-state index in [0.29, 0.717) is 33.9 Å². The maximum atomic E-state index is 13.0. The molecule has 0 aliphatic heterocycles. The topological polar surface area (TPSA) is 169 Å². The van der Waals surface area contributed by atoms with Gasteiger partial charge in [-0.15, -0.1) is 10.1 Å². The summed E-state index contributed by atoms with van der Waals surface area (Å²) in [6.07, 6.45) is 1.28. The lowest BCUT2D eigenvalue weighted by molar-refractivity contribution is -0.763. The van der Waals surface area contributed by atoms with Crippen molar-refractivity contribution in [2.75, 3.05) is 14.2 Å². The van der Waals surface area contributed by atoms with Crippen molar-refractivity contribution in [2.45, 2.75) is 24.4 Å². The fourth-order valence-electron chi connectivity index (χ4n) is 3.44. The molecular formula is C23H21N5O8S. The van der Waals surface area contributed by atoms with Gasteiger partial charge in [0.25, 0.3) is 5.09 Å². The van der Waals surface area contributed by atoms with Gasteiger partial charge in [-0.1, -0.05) is 12.1 Å². The van der Waals surface area contributed by atoms with Gasteiger partial charge < -0.3 is 24.0 Å². The van der Waals surface area contributed by atoms with Crippen LogP contribution in [0.25, 0.3) is 11.2 Å². The minimum absolute atomic E-state index is 0.00691. The molecule has 13 nitrogen and oxygen atoms in total. The summed E-state index contributed by atoms with van der Waals surface area (Å²) in [4.78, 5) is 43.4. The first kappa shape index (κ1) is 25.5. The van der Waals surface area contributed by atoms with Crippen LogP contribution in [0.2, 0.25) is 0 Å². The second-order valence-corrected chi connectivity index (χ2v) is 8.93. The van der Waals surface area contributed by atoms with Crippen LogP contribution in [-0.4, -0.2) is 49.4 Å². The first-order valence-electron chi connectivity index (χ1n) is 10.7. The second-order valence-electron chi connectivity index (χ2n) is 7.57. The lowest BCUT2D eigenvalue weighted by atomic mass is 10.1. The van der Waals surface area contributed by atoms with Crippen molar-refractivity contribution in [3.63, 3.8) is 0 Å². The lowest BCUT2D eigenvalue weighted by Gasteiger charge is -2.14. The normalized spacial score (nSPS) is 11.6. The summed E-state index contributed by atoms with van der Waals surface area (Å²) in [5.74, 6) is 0.0280. The van der Waals surface area contributed by atoms with Crippen LogP contribution < -0.4 is 14.2 Å². The van der Waals surface area contributed by atoms with Gasteiger partial charge in [-0.25, -0.2) is 9.78 Å². The number of ether oxygens (including phenoxy) is 3. The molecule has 0 fully saturated rings. The number of H-pyrrole nitrogens is 1. The number of carbonyl (C=O) groups is 1. The average Bonchev–Trinajstić information content (AvgIpc) is 3.32. The Morgan fingerprint density at radius 1 is 1.16 bits per heavy atom. The molecule has 0 bridgehead atoms. The van der Waals surface area contributed by atoms with Crippen LogP contribution in [0.1, 0.15) is 27.2 Å². The van der Waals surface area contributed by atoms with Gasteiger partial charge in [-0.3, -0.25) is 9.19 Å². The predicted octanol–water partition coefficient (Wildman–Crippen LogP) is 2.91. The molecule has 0 spiro atoms. The molecule has 0 saturated carbocycles. The number of imidazole rings is 1. The number of hydrogen-bond acceptors (Lipinski definition) is 11. The Hall–Kier alpha value is -4.59. The van der Waals surface area contributed by atoms with E-state index in [1.807, 2.05) is 0 Å². The predicted molar refractivity (Wildman–Crippen MR) is 129 cm³/mol. The third-order valence-corrected chi connectivity index (χ3v) is 6.39. The van der Waals surface area contributed by atoms with Crippen LogP contribution in [0, 0.1) is 17.0 Å². The van der Waals surface area contributed by atoms with Crippen LogP contribution in [0.4, 0.5) is 0 Å². The minimum Gasteiger partial charge on any atom is -0.495 e. The van der Waals surface area contributed by atoms with E-state index in [1.54, 1.807) is 31.2 Å². The van der Waals surface area contributed by atoms with Crippen LogP contribution in [0.3, 0.4) is 0 Å². The molecular weight excluding hydrogens is 506 g/mol. The summed E-state index contributed by atoms with van der Waals surface area (Å²) in [6, 6.07) is 9.53. The van der Waals surface area contributed by atoms with Crippen LogP contribution in [-0.2, 0) is 28.0 Å². The number of esters is 1. The third kappa shape index (κ3) is 5.81. The standard InChI is InChI=1S/C23H21N5O8S/c1-13-18(12-37(32)23-25-17-7-8-19(33-2)26-21(17)27-23)24-10-16(20(13)34-3)22(29)36-15-6-4-5-14(9-15)11-35-28(30)31/h4-10H,11-12H2,1-3H3,(H,25,26,27). The summed E-state index contributed by atoms with van der Waals surface area (Å²) < 4.78 is 29.0. The number of benzene rings is 1. The number of nitrogens with one attached hydrogen (secondary N) is 1. The van der Waals surface area contributed by atoms with Gasteiger partial charge in [0, 0.05) is 17.8 Å². The number of carbonyl (C=O) groups excluding carboxylic acids is 1. The number of nitrogens with zero attached hydrogens (tertiary/aromatic N) is 4. The van der Waals surface area contributed by atoms with Crippen molar-refractivity contribution in [1.82, 2.24) is 19.9 Å². The van der Waals surface area contributed by atoms with E-state index in [0.717, 1.165) is 0 Å². The van der Waals surface area contributed by atoms with E-state index >= 15 is 0 Å². The van der Waals surface area contributed by atoms with Gasteiger partial charge in [0.2, 0.25) is 5.88 Å². The number of pyridine rings is 2. The number of aromatic amines is 1. The molecule has 0 amide bonds. The molecule has 4 rings (SSSR count). The minimum atomic E-state index is -1.59. The Morgan fingerprint density at radius 2 is 1.97 bits per heavy atom. The molecule has 0 aliphatic carbocycles. The molecule has 1 atom stereocenters. The van der Waals surface area contributed by atoms with Crippen molar-refractivity contribution in [2.24, 2.45) is 0 Å². The number of hydrogen-bond donors (Lipinski definition) is 1. The zero-order valence-corrected chi connectivity index (χ0v) is 20.7. The molecule has 4 aromatic rings. The second kappa shape index (κ2) is 11.0. The van der Waals surface area contributed by atoms with E-state index in [4.69, 9.17) is 14.2 Å². The van der Waals surface area contributed by atoms with E-state index in [9.17, 15) is 19.1 Å². The average molecular weight is 528 g/mol. The fourth-order valence-corrected chi connectivity index (χ4v) is 4.53. The molecule has 1 aromatic carbocycles. The monoisotopic (exact) mass is 527 g/mol. The Bertz CT molecular complexity index is 1510. The van der Waals surface area contributed by atoms with Crippen molar-refractivity contribution in [1.29, 1.82) is 0 Å². The summed E-state index contributed by atoms with van der Waals surface area (Å²) in [6.45, 7) is 1.40. The lowest BCUT2D eigenvalue weighted by Crippen LogP contribution is -2.14. The number of aromatic nitrogens is 4. The summed E-state index contributed by atoms with van der Waals surface area (Å²) >= 11 is 0. The fraction of sp³-hybridized carbons (Fsp3) is 0.217. The smallest absolute Gasteiger partial charge is 0.348 e. The molecule has 3 heterocycles. The Morgan fingerprint density at radius 3 is 2.70 bits per heavy atom. The van der Waals surface area contributed by atoms with E-state index in [2.05, 4.69) is 24.8 Å². The highest BCUT2D eigenvalue weighted by Gasteiger charge is 2.22. The maximum absolute atomic E-state index is 13.0. The Balaban J connectivity index is 1.52. The number of fused-ring (bicyclic) bond motifs is 1.